The van der Waals surface area contributed by atoms with Gasteiger partial charge in [-0.05, 0) is 66.8 Å². The van der Waals surface area contributed by atoms with Gasteiger partial charge in [-0.3, -0.25) is 18.9 Å². The molecular formula is C24H27N3O8S3. The molecule has 1 aromatic heterocycles. The fourth-order valence-electron chi connectivity index (χ4n) is 3.43. The Labute approximate surface area is 228 Å². The van der Waals surface area contributed by atoms with Gasteiger partial charge in [-0.1, -0.05) is 29.0 Å². The third kappa shape index (κ3) is 8.55. The van der Waals surface area contributed by atoms with E-state index in [4.69, 9.17) is 0 Å². The zero-order chi connectivity index (χ0) is 27.7. The van der Waals surface area contributed by atoms with Gasteiger partial charge in [0.25, 0.3) is 27.8 Å². The van der Waals surface area contributed by atoms with E-state index >= 15 is 0 Å². The first-order valence-electron chi connectivity index (χ1n) is 11.7. The highest BCUT2D eigenvalue weighted by Gasteiger charge is 2.38. The Morgan fingerprint density at radius 2 is 1.79 bits per heavy atom. The number of rotatable bonds is 13. The predicted molar refractivity (Wildman–Crippen MR) is 141 cm³/mol. The van der Waals surface area contributed by atoms with Gasteiger partial charge in [-0.25, -0.2) is 9.78 Å². The number of nitrogens with one attached hydrogen (secondary N) is 1. The number of carbonyl (C=O) groups is 4. The summed E-state index contributed by atoms with van der Waals surface area (Å²) in [6.07, 6.45) is 1.59. The number of hydroxylamine groups is 2. The van der Waals surface area contributed by atoms with E-state index in [1.807, 2.05) is 30.3 Å². The standard InChI is InChI=1S/C24H27N3O8S3/c1-16(36-37-20-7-3-5-14-25-20)17-8-10-18(11-9-17)23(30)26-15-4-2-6-19(38(32,33)34)24(31)35-27-21(28)12-13-22(27)29/h3,5,7-11,14,16,19H,2,4,6,12-13,15H2,1H3,(H,26,30)(H,32,33,34). The molecule has 14 heteroatoms. The van der Waals surface area contributed by atoms with Crippen molar-refractivity contribution >= 4 is 55.4 Å². The number of amides is 3. The third-order valence-electron chi connectivity index (χ3n) is 5.55. The van der Waals surface area contributed by atoms with E-state index in [1.54, 1.807) is 39.9 Å². The van der Waals surface area contributed by atoms with Gasteiger partial charge in [-0.15, -0.1) is 5.06 Å². The molecule has 1 aliphatic rings. The van der Waals surface area contributed by atoms with Crippen LogP contribution in [0.5, 0.6) is 0 Å². The Morgan fingerprint density at radius 3 is 2.39 bits per heavy atom. The lowest BCUT2D eigenvalue weighted by atomic mass is 10.1. The molecule has 1 aromatic carbocycles. The number of imide groups is 1. The first kappa shape index (κ1) is 29.6. The summed E-state index contributed by atoms with van der Waals surface area (Å²) in [5.74, 6) is -3.24. The van der Waals surface area contributed by atoms with Gasteiger partial charge in [0.05, 0.1) is 0 Å². The van der Waals surface area contributed by atoms with E-state index in [-0.39, 0.29) is 48.4 Å². The van der Waals surface area contributed by atoms with E-state index in [0.29, 0.717) is 12.0 Å². The molecule has 0 aliphatic carbocycles. The molecule has 11 nitrogen and oxygen atoms in total. The molecule has 0 radical (unpaired) electrons. The molecule has 2 heterocycles. The van der Waals surface area contributed by atoms with Gasteiger partial charge < -0.3 is 10.2 Å². The van der Waals surface area contributed by atoms with Crippen LogP contribution in [-0.2, 0) is 29.3 Å². The molecule has 2 unspecified atom stereocenters. The molecule has 204 valence electrons. The van der Waals surface area contributed by atoms with Crippen LogP contribution >= 0.6 is 21.6 Å². The molecule has 1 saturated heterocycles. The molecule has 2 atom stereocenters. The minimum atomic E-state index is -4.84. The minimum Gasteiger partial charge on any atom is -0.352 e. The summed E-state index contributed by atoms with van der Waals surface area (Å²) >= 11 is 0. The van der Waals surface area contributed by atoms with E-state index in [0.717, 1.165) is 10.6 Å². The largest absolute Gasteiger partial charge is 0.353 e. The molecule has 0 bridgehead atoms. The van der Waals surface area contributed by atoms with Crippen LogP contribution in [0.25, 0.3) is 0 Å². The lowest BCUT2D eigenvalue weighted by Crippen LogP contribution is -2.39. The normalized spacial score (nSPS) is 15.3. The van der Waals surface area contributed by atoms with Crippen molar-refractivity contribution in [3.63, 3.8) is 0 Å². The molecular weight excluding hydrogens is 554 g/mol. The second-order valence-electron chi connectivity index (χ2n) is 8.36. The number of benzene rings is 1. The van der Waals surface area contributed by atoms with Crippen LogP contribution in [0, 0.1) is 0 Å². The SMILES string of the molecule is CC(SSc1ccccn1)c1ccc(C(=O)NCCCCC(C(=O)ON2C(=O)CCC2=O)S(=O)(=O)O)cc1. The summed E-state index contributed by atoms with van der Waals surface area (Å²) < 4.78 is 32.7. The third-order valence-corrected chi connectivity index (χ3v) is 9.43. The number of hydrogen-bond acceptors (Lipinski definition) is 10. The molecule has 0 spiro atoms. The summed E-state index contributed by atoms with van der Waals surface area (Å²) in [5.41, 5.74) is 1.51. The second kappa shape index (κ2) is 13.7. The van der Waals surface area contributed by atoms with E-state index in [1.165, 1.54) is 0 Å². The number of aromatic nitrogens is 1. The fraction of sp³-hybridized carbons (Fsp3) is 0.375. The van der Waals surface area contributed by atoms with Crippen molar-refractivity contribution in [2.24, 2.45) is 0 Å². The highest BCUT2D eigenvalue weighted by atomic mass is 33.1. The summed E-state index contributed by atoms with van der Waals surface area (Å²) in [6, 6.07) is 12.9. The van der Waals surface area contributed by atoms with Gasteiger partial charge in [-0.2, -0.15) is 8.42 Å². The molecule has 2 N–H and O–H groups in total. The van der Waals surface area contributed by atoms with E-state index in [2.05, 4.69) is 22.1 Å². The fourth-order valence-corrected chi connectivity index (χ4v) is 6.29. The van der Waals surface area contributed by atoms with Crippen LogP contribution < -0.4 is 5.32 Å². The highest BCUT2D eigenvalue weighted by Crippen LogP contribution is 2.41. The summed E-state index contributed by atoms with van der Waals surface area (Å²) in [6.45, 7) is 2.26. The topological polar surface area (TPSA) is 160 Å². The van der Waals surface area contributed by atoms with Crippen LogP contribution in [0.3, 0.4) is 0 Å². The van der Waals surface area contributed by atoms with Crippen LogP contribution in [0.2, 0.25) is 0 Å². The van der Waals surface area contributed by atoms with Gasteiger partial charge >= 0.3 is 5.97 Å². The minimum absolute atomic E-state index is 0.142. The van der Waals surface area contributed by atoms with Crippen molar-refractivity contribution in [2.45, 2.75) is 54.6 Å². The van der Waals surface area contributed by atoms with Gasteiger partial charge in [0.2, 0.25) is 0 Å². The van der Waals surface area contributed by atoms with Crippen molar-refractivity contribution in [1.82, 2.24) is 15.4 Å². The zero-order valence-corrected chi connectivity index (χ0v) is 22.9. The van der Waals surface area contributed by atoms with Crippen molar-refractivity contribution in [3.05, 3.63) is 59.8 Å². The van der Waals surface area contributed by atoms with Crippen LogP contribution in [0.1, 0.15) is 60.2 Å². The number of unbranched alkanes of at least 4 members (excludes halogenated alkanes) is 1. The Balaban J connectivity index is 1.42. The lowest BCUT2D eigenvalue weighted by molar-refractivity contribution is -0.197. The van der Waals surface area contributed by atoms with Crippen molar-refractivity contribution < 1.29 is 37.0 Å². The van der Waals surface area contributed by atoms with Crippen LogP contribution in [0.4, 0.5) is 0 Å². The average molecular weight is 582 g/mol. The highest BCUT2D eigenvalue weighted by molar-refractivity contribution is 8.76. The maximum Gasteiger partial charge on any atom is 0.353 e. The zero-order valence-electron chi connectivity index (χ0n) is 20.4. The van der Waals surface area contributed by atoms with Crippen molar-refractivity contribution in [3.8, 4) is 0 Å². The first-order valence-corrected chi connectivity index (χ1v) is 15.4. The summed E-state index contributed by atoms with van der Waals surface area (Å²) in [7, 11) is -1.61. The number of carbonyl (C=O) groups excluding carboxylic acids is 4. The van der Waals surface area contributed by atoms with Gasteiger partial charge in [0, 0.05) is 36.4 Å². The van der Waals surface area contributed by atoms with Crippen LogP contribution in [-0.4, -0.2) is 58.5 Å². The van der Waals surface area contributed by atoms with Crippen molar-refractivity contribution in [2.75, 3.05) is 6.54 Å². The molecule has 1 fully saturated rings. The van der Waals surface area contributed by atoms with Gasteiger partial charge in [0.1, 0.15) is 5.03 Å². The van der Waals surface area contributed by atoms with E-state index in [9.17, 15) is 32.1 Å². The maximum absolute atomic E-state index is 12.4. The number of pyridine rings is 1. The molecule has 38 heavy (non-hydrogen) atoms. The number of nitrogens with zero attached hydrogens (tertiary/aromatic N) is 2. The average Bonchev–Trinajstić information content (AvgIpc) is 3.21. The Morgan fingerprint density at radius 1 is 1.11 bits per heavy atom. The summed E-state index contributed by atoms with van der Waals surface area (Å²) in [5, 5.41) is 2.08. The molecule has 3 rings (SSSR count). The second-order valence-corrected chi connectivity index (χ2v) is 12.5. The molecule has 0 saturated carbocycles. The van der Waals surface area contributed by atoms with E-state index < -0.39 is 33.2 Å². The quantitative estimate of drug-likeness (QED) is 0.154. The monoisotopic (exact) mass is 581 g/mol. The van der Waals surface area contributed by atoms with Gasteiger partial charge in [0.15, 0.2) is 5.25 Å². The van der Waals surface area contributed by atoms with Crippen LogP contribution in [0.15, 0.2) is 53.7 Å². The maximum atomic E-state index is 12.4. The smallest absolute Gasteiger partial charge is 0.352 e. The lowest BCUT2D eigenvalue weighted by Gasteiger charge is -2.17. The van der Waals surface area contributed by atoms with Crippen molar-refractivity contribution in [1.29, 1.82) is 0 Å². The predicted octanol–water partition coefficient (Wildman–Crippen LogP) is 3.35. The Hall–Kier alpha value is -2.94. The molecule has 3 amide bonds. The molecule has 2 aromatic rings. The Bertz CT molecular complexity index is 1240. The molecule has 1 aliphatic heterocycles. The number of hydrogen-bond donors (Lipinski definition) is 2. The first-order chi connectivity index (χ1) is 18.1. The Kier molecular flexibility index (Phi) is 10.7. The summed E-state index contributed by atoms with van der Waals surface area (Å²) in [4.78, 5) is 56.7.